The van der Waals surface area contributed by atoms with Gasteiger partial charge in [-0.3, -0.25) is 4.79 Å². The van der Waals surface area contributed by atoms with Gasteiger partial charge < -0.3 is 14.8 Å². The summed E-state index contributed by atoms with van der Waals surface area (Å²) in [5.41, 5.74) is 1.17. The summed E-state index contributed by atoms with van der Waals surface area (Å²) in [6.45, 7) is 4.01. The van der Waals surface area contributed by atoms with Crippen molar-refractivity contribution in [1.29, 1.82) is 0 Å². The summed E-state index contributed by atoms with van der Waals surface area (Å²) in [4.78, 5) is 17.9. The fourth-order valence-electron chi connectivity index (χ4n) is 2.55. The second-order valence-corrected chi connectivity index (χ2v) is 5.18. The predicted molar refractivity (Wildman–Crippen MR) is 70.5 cm³/mol. The van der Waals surface area contributed by atoms with Gasteiger partial charge in [0.2, 0.25) is 5.91 Å². The highest BCUT2D eigenvalue weighted by Gasteiger charge is 2.24. The molecule has 2 unspecified atom stereocenters. The van der Waals surface area contributed by atoms with Gasteiger partial charge in [0, 0.05) is 38.4 Å². The number of carbonyl (C=O) groups excluding carboxylic acids is 1. The highest BCUT2D eigenvalue weighted by Crippen LogP contribution is 2.25. The molecule has 18 heavy (non-hydrogen) atoms. The molecule has 0 saturated carbocycles. The maximum Gasteiger partial charge on any atom is 0.244 e. The Balaban J connectivity index is 2.18. The normalized spacial score (nSPS) is 21.6. The summed E-state index contributed by atoms with van der Waals surface area (Å²) in [6.07, 6.45) is 6.03. The Morgan fingerprint density at radius 2 is 2.39 bits per heavy atom. The van der Waals surface area contributed by atoms with Crippen molar-refractivity contribution >= 4 is 5.91 Å². The summed E-state index contributed by atoms with van der Waals surface area (Å²) >= 11 is 0. The highest BCUT2D eigenvalue weighted by atomic mass is 16.2. The number of aromatic nitrogens is 2. The first kappa shape index (κ1) is 13.1. The predicted octanol–water partition coefficient (Wildman–Crippen LogP) is 0.999. The van der Waals surface area contributed by atoms with Crippen LogP contribution in [0.25, 0.3) is 0 Å². The monoisotopic (exact) mass is 250 g/mol. The Hall–Kier alpha value is -1.36. The van der Waals surface area contributed by atoms with E-state index in [0.29, 0.717) is 5.92 Å². The standard InChI is InChI=1S/C13H22N4O/c1-10(13(18)16(2)3)17-9-15-8-12(17)11-5-4-6-14-7-11/h8-11,14H,4-7H2,1-3H3. The minimum atomic E-state index is -0.181. The van der Waals surface area contributed by atoms with Crippen LogP contribution in [0, 0.1) is 0 Å². The van der Waals surface area contributed by atoms with Crippen LogP contribution in [0.15, 0.2) is 12.5 Å². The number of hydrogen-bond acceptors (Lipinski definition) is 3. The molecule has 2 heterocycles. The Bertz CT molecular complexity index is 407. The highest BCUT2D eigenvalue weighted by molar-refractivity contribution is 5.79. The zero-order valence-electron chi connectivity index (χ0n) is 11.4. The summed E-state index contributed by atoms with van der Waals surface area (Å²) in [5, 5.41) is 3.40. The number of likely N-dealkylation sites (N-methyl/N-ethyl adjacent to an activating group) is 1. The molecular weight excluding hydrogens is 228 g/mol. The average molecular weight is 250 g/mol. The molecule has 1 N–H and O–H groups in total. The van der Waals surface area contributed by atoms with Gasteiger partial charge in [-0.2, -0.15) is 0 Å². The molecule has 0 bridgehead atoms. The van der Waals surface area contributed by atoms with Crippen molar-refractivity contribution in [1.82, 2.24) is 19.8 Å². The molecule has 2 rings (SSSR count). The molecule has 0 aromatic carbocycles. The lowest BCUT2D eigenvalue weighted by molar-refractivity contribution is -0.131. The van der Waals surface area contributed by atoms with Gasteiger partial charge in [0.15, 0.2) is 0 Å². The first-order valence-corrected chi connectivity index (χ1v) is 6.55. The quantitative estimate of drug-likeness (QED) is 0.870. The number of carbonyl (C=O) groups is 1. The number of nitrogens with one attached hydrogen (secondary N) is 1. The fraction of sp³-hybridized carbons (Fsp3) is 0.692. The van der Waals surface area contributed by atoms with Crippen molar-refractivity contribution in [2.75, 3.05) is 27.2 Å². The number of hydrogen-bond donors (Lipinski definition) is 1. The van der Waals surface area contributed by atoms with Crippen LogP contribution in [0.1, 0.15) is 37.4 Å². The minimum absolute atomic E-state index is 0.109. The van der Waals surface area contributed by atoms with E-state index in [0.717, 1.165) is 13.1 Å². The van der Waals surface area contributed by atoms with Gasteiger partial charge in [-0.05, 0) is 26.3 Å². The summed E-state index contributed by atoms with van der Waals surface area (Å²) in [6, 6.07) is -0.181. The number of rotatable bonds is 3. The smallest absolute Gasteiger partial charge is 0.244 e. The topological polar surface area (TPSA) is 50.2 Å². The molecule has 5 heteroatoms. The first-order chi connectivity index (χ1) is 8.61. The molecule has 2 atom stereocenters. The molecule has 0 spiro atoms. The molecule has 1 aromatic heterocycles. The molecule has 1 aliphatic rings. The van der Waals surface area contributed by atoms with Crippen molar-refractivity contribution in [2.45, 2.75) is 31.7 Å². The van der Waals surface area contributed by atoms with E-state index in [1.54, 1.807) is 25.3 Å². The van der Waals surface area contributed by atoms with E-state index in [4.69, 9.17) is 0 Å². The van der Waals surface area contributed by atoms with E-state index in [1.807, 2.05) is 17.7 Å². The first-order valence-electron chi connectivity index (χ1n) is 6.55. The Morgan fingerprint density at radius 1 is 1.61 bits per heavy atom. The summed E-state index contributed by atoms with van der Waals surface area (Å²) in [5.74, 6) is 0.580. The van der Waals surface area contributed by atoms with Crippen molar-refractivity contribution in [3.63, 3.8) is 0 Å². The van der Waals surface area contributed by atoms with Gasteiger partial charge in [-0.1, -0.05) is 0 Å². The van der Waals surface area contributed by atoms with E-state index in [1.165, 1.54) is 18.5 Å². The third-order valence-electron chi connectivity index (χ3n) is 3.63. The third kappa shape index (κ3) is 2.56. The summed E-state index contributed by atoms with van der Waals surface area (Å²) in [7, 11) is 3.58. The number of amides is 1. The van der Waals surface area contributed by atoms with Gasteiger partial charge in [-0.15, -0.1) is 0 Å². The lowest BCUT2D eigenvalue weighted by Crippen LogP contribution is -2.33. The molecule has 5 nitrogen and oxygen atoms in total. The van der Waals surface area contributed by atoms with Crippen LogP contribution < -0.4 is 5.32 Å². The van der Waals surface area contributed by atoms with Crippen LogP contribution in [0.4, 0.5) is 0 Å². The molecule has 1 saturated heterocycles. The van der Waals surface area contributed by atoms with Crippen LogP contribution in [0.2, 0.25) is 0 Å². The van der Waals surface area contributed by atoms with Crippen molar-refractivity contribution in [2.24, 2.45) is 0 Å². The molecule has 1 fully saturated rings. The van der Waals surface area contributed by atoms with E-state index >= 15 is 0 Å². The largest absolute Gasteiger partial charge is 0.347 e. The lowest BCUT2D eigenvalue weighted by Gasteiger charge is -2.26. The number of nitrogens with zero attached hydrogens (tertiary/aromatic N) is 3. The van der Waals surface area contributed by atoms with Crippen molar-refractivity contribution < 1.29 is 4.79 Å². The lowest BCUT2D eigenvalue weighted by atomic mass is 9.96. The van der Waals surface area contributed by atoms with Gasteiger partial charge >= 0.3 is 0 Å². The molecular formula is C13H22N4O. The molecule has 1 amide bonds. The maximum atomic E-state index is 12.0. The van der Waals surface area contributed by atoms with E-state index in [9.17, 15) is 4.79 Å². The van der Waals surface area contributed by atoms with E-state index < -0.39 is 0 Å². The zero-order valence-corrected chi connectivity index (χ0v) is 11.4. The summed E-state index contributed by atoms with van der Waals surface area (Å²) < 4.78 is 2.01. The maximum absolute atomic E-state index is 12.0. The van der Waals surface area contributed by atoms with E-state index in [2.05, 4.69) is 10.3 Å². The Kier molecular flexibility index (Phi) is 4.01. The Morgan fingerprint density at radius 3 is 3.00 bits per heavy atom. The van der Waals surface area contributed by atoms with Crippen molar-refractivity contribution in [3.05, 3.63) is 18.2 Å². The van der Waals surface area contributed by atoms with E-state index in [-0.39, 0.29) is 11.9 Å². The second kappa shape index (κ2) is 5.52. The molecule has 1 aliphatic heterocycles. The minimum Gasteiger partial charge on any atom is -0.347 e. The SMILES string of the molecule is CC(C(=O)N(C)C)n1cncc1C1CCCNC1. The average Bonchev–Trinajstić information content (AvgIpc) is 2.87. The molecule has 0 radical (unpaired) electrons. The van der Waals surface area contributed by atoms with Gasteiger partial charge in [0.1, 0.15) is 6.04 Å². The molecule has 0 aliphatic carbocycles. The fourth-order valence-corrected chi connectivity index (χ4v) is 2.55. The van der Waals surface area contributed by atoms with Crippen molar-refractivity contribution in [3.8, 4) is 0 Å². The van der Waals surface area contributed by atoms with Crippen LogP contribution in [-0.2, 0) is 4.79 Å². The number of imidazole rings is 1. The molecule has 1 aromatic rings. The van der Waals surface area contributed by atoms with Crippen LogP contribution in [0.5, 0.6) is 0 Å². The van der Waals surface area contributed by atoms with Crippen LogP contribution >= 0.6 is 0 Å². The number of piperidine rings is 1. The zero-order chi connectivity index (χ0) is 13.1. The van der Waals surface area contributed by atoms with Gasteiger partial charge in [0.25, 0.3) is 0 Å². The van der Waals surface area contributed by atoms with Gasteiger partial charge in [0.05, 0.1) is 6.33 Å². The second-order valence-electron chi connectivity index (χ2n) is 5.18. The Labute approximate surface area is 108 Å². The van der Waals surface area contributed by atoms with Crippen LogP contribution in [-0.4, -0.2) is 47.5 Å². The third-order valence-corrected chi connectivity index (χ3v) is 3.63. The molecule has 100 valence electrons. The van der Waals surface area contributed by atoms with Crippen LogP contribution in [0.3, 0.4) is 0 Å². The van der Waals surface area contributed by atoms with Gasteiger partial charge in [-0.25, -0.2) is 4.98 Å².